The summed E-state index contributed by atoms with van der Waals surface area (Å²) in [5, 5.41) is 10.9. The molecule has 1 heterocycles. The first-order valence-electron chi connectivity index (χ1n) is 8.71. The van der Waals surface area contributed by atoms with Crippen molar-refractivity contribution in [3.05, 3.63) is 64.1 Å². The predicted molar refractivity (Wildman–Crippen MR) is 104 cm³/mol. The number of rotatable bonds is 4. The summed E-state index contributed by atoms with van der Waals surface area (Å²) < 4.78 is 16.2. The highest BCUT2D eigenvalue weighted by atomic mass is 35.5. The summed E-state index contributed by atoms with van der Waals surface area (Å²) in [5.41, 5.74) is 5.10. The van der Waals surface area contributed by atoms with Crippen molar-refractivity contribution in [1.82, 2.24) is 4.57 Å². The number of carbonyl (C=O) groups is 1. The maximum atomic E-state index is 14.0. The predicted octanol–water partition coefficient (Wildman–Crippen LogP) is 3.25. The average molecular weight is 370 g/mol. The molecule has 2 aromatic carbocycles. The molecule has 26 heavy (non-hydrogen) atoms. The minimum Gasteiger partial charge on any atom is -0.481 e. The van der Waals surface area contributed by atoms with E-state index in [9.17, 15) is 14.3 Å². The summed E-state index contributed by atoms with van der Waals surface area (Å²) in [5.74, 6) is -1.08. The summed E-state index contributed by atoms with van der Waals surface area (Å²) in [6.07, 6.45) is 1.69. The van der Waals surface area contributed by atoms with Crippen LogP contribution < -0.4 is 5.46 Å². The molecule has 0 saturated carbocycles. The van der Waals surface area contributed by atoms with Crippen molar-refractivity contribution >= 4 is 41.8 Å². The Morgan fingerprint density at radius 3 is 2.73 bits per heavy atom. The van der Waals surface area contributed by atoms with Crippen LogP contribution >= 0.6 is 11.6 Å². The number of carboxylic acids is 1. The second kappa shape index (κ2) is 6.47. The van der Waals surface area contributed by atoms with Crippen LogP contribution in [0.1, 0.15) is 35.6 Å². The van der Waals surface area contributed by atoms with Crippen molar-refractivity contribution < 1.29 is 14.3 Å². The van der Waals surface area contributed by atoms with Crippen LogP contribution in [0, 0.1) is 5.82 Å². The lowest BCUT2D eigenvalue weighted by molar-refractivity contribution is -0.137. The standard InChI is InChI=1S/C20H18BClFNO2/c21-17-9-14(23)8-16-15-6-3-12(7-18(25)26)19(15)24(20(16)17)10-11-1-4-13(22)5-2-11/h1-2,4-5,8-9,12H,3,6-7,10,21H2,(H,25,26). The first-order chi connectivity index (χ1) is 12.4. The van der Waals surface area contributed by atoms with Gasteiger partial charge in [-0.15, -0.1) is 0 Å². The van der Waals surface area contributed by atoms with Gasteiger partial charge < -0.3 is 9.67 Å². The summed E-state index contributed by atoms with van der Waals surface area (Å²) in [6.45, 7) is 0.617. The van der Waals surface area contributed by atoms with Crippen LogP contribution in [0.4, 0.5) is 4.39 Å². The third kappa shape index (κ3) is 2.90. The lowest BCUT2D eigenvalue weighted by Crippen LogP contribution is -2.15. The first kappa shape index (κ1) is 17.2. The van der Waals surface area contributed by atoms with Gasteiger partial charge in [0.1, 0.15) is 13.7 Å². The molecule has 0 bridgehead atoms. The Labute approximate surface area is 156 Å². The van der Waals surface area contributed by atoms with Crippen LogP contribution in [0.2, 0.25) is 5.02 Å². The van der Waals surface area contributed by atoms with Gasteiger partial charge in [0.25, 0.3) is 0 Å². The molecule has 132 valence electrons. The van der Waals surface area contributed by atoms with Gasteiger partial charge >= 0.3 is 5.97 Å². The monoisotopic (exact) mass is 369 g/mol. The van der Waals surface area contributed by atoms with Crippen LogP contribution in [0.3, 0.4) is 0 Å². The Morgan fingerprint density at radius 2 is 2.04 bits per heavy atom. The van der Waals surface area contributed by atoms with E-state index in [-0.39, 0.29) is 18.2 Å². The molecule has 1 unspecified atom stereocenters. The molecule has 1 N–H and O–H groups in total. The van der Waals surface area contributed by atoms with E-state index in [1.165, 1.54) is 0 Å². The van der Waals surface area contributed by atoms with Gasteiger partial charge in [-0.3, -0.25) is 4.79 Å². The summed E-state index contributed by atoms with van der Waals surface area (Å²) >= 11 is 5.99. The van der Waals surface area contributed by atoms with E-state index in [2.05, 4.69) is 4.57 Å². The SMILES string of the molecule is Bc1cc(F)cc2c3c(n(Cc4ccc(Cl)cc4)c12)C(CC(=O)O)CC3. The Kier molecular flexibility index (Phi) is 4.27. The average Bonchev–Trinajstić information content (AvgIpc) is 3.09. The molecule has 0 fully saturated rings. The van der Waals surface area contributed by atoms with Crippen molar-refractivity contribution in [2.24, 2.45) is 0 Å². The van der Waals surface area contributed by atoms with E-state index >= 15 is 0 Å². The van der Waals surface area contributed by atoms with Gasteiger partial charge in [0.2, 0.25) is 0 Å². The molecule has 0 aliphatic heterocycles. The number of nitrogens with zero attached hydrogens (tertiary/aromatic N) is 1. The van der Waals surface area contributed by atoms with Crippen LogP contribution in [0.15, 0.2) is 36.4 Å². The van der Waals surface area contributed by atoms with Crippen molar-refractivity contribution in [3.63, 3.8) is 0 Å². The molecule has 3 nitrogen and oxygen atoms in total. The molecule has 4 rings (SSSR count). The largest absolute Gasteiger partial charge is 0.481 e. The minimum absolute atomic E-state index is 0.0374. The van der Waals surface area contributed by atoms with E-state index in [0.29, 0.717) is 11.6 Å². The number of aryl methyl sites for hydroxylation is 1. The Bertz CT molecular complexity index is 1010. The highest BCUT2D eigenvalue weighted by Crippen LogP contribution is 2.41. The maximum Gasteiger partial charge on any atom is 0.304 e. The van der Waals surface area contributed by atoms with E-state index in [1.807, 2.05) is 32.1 Å². The highest BCUT2D eigenvalue weighted by Gasteiger charge is 2.32. The van der Waals surface area contributed by atoms with Crippen molar-refractivity contribution in [2.75, 3.05) is 0 Å². The number of hydrogen-bond acceptors (Lipinski definition) is 1. The van der Waals surface area contributed by atoms with E-state index in [1.54, 1.807) is 12.1 Å². The molecule has 1 atom stereocenters. The number of hydrogen-bond donors (Lipinski definition) is 1. The molecule has 3 aromatic rings. The van der Waals surface area contributed by atoms with E-state index < -0.39 is 5.97 Å². The van der Waals surface area contributed by atoms with Gasteiger partial charge in [0.05, 0.1) is 6.42 Å². The zero-order chi connectivity index (χ0) is 18.4. The lowest BCUT2D eigenvalue weighted by Gasteiger charge is -2.16. The van der Waals surface area contributed by atoms with Crippen LogP contribution in [-0.4, -0.2) is 23.5 Å². The molecule has 1 aliphatic carbocycles. The lowest BCUT2D eigenvalue weighted by atomic mass is 9.92. The van der Waals surface area contributed by atoms with Crippen LogP contribution in [0.5, 0.6) is 0 Å². The number of carboxylic acid groups (broad SMARTS) is 1. The molecule has 0 spiro atoms. The molecule has 0 amide bonds. The fraction of sp³-hybridized carbons (Fsp3) is 0.250. The van der Waals surface area contributed by atoms with Gasteiger partial charge in [-0.1, -0.05) is 29.2 Å². The van der Waals surface area contributed by atoms with E-state index in [0.717, 1.165) is 46.0 Å². The zero-order valence-corrected chi connectivity index (χ0v) is 15.2. The van der Waals surface area contributed by atoms with E-state index in [4.69, 9.17) is 11.6 Å². The number of aliphatic carboxylic acids is 1. The second-order valence-electron chi connectivity index (χ2n) is 7.03. The Hall–Kier alpha value is -2.27. The fourth-order valence-electron chi connectivity index (χ4n) is 4.28. The highest BCUT2D eigenvalue weighted by molar-refractivity contribution is 6.38. The van der Waals surface area contributed by atoms with Gasteiger partial charge in [-0.05, 0) is 48.2 Å². The zero-order valence-electron chi connectivity index (χ0n) is 14.4. The van der Waals surface area contributed by atoms with Crippen molar-refractivity contribution in [1.29, 1.82) is 0 Å². The topological polar surface area (TPSA) is 42.2 Å². The normalized spacial score (nSPS) is 16.2. The minimum atomic E-state index is -0.797. The van der Waals surface area contributed by atoms with Crippen LogP contribution in [-0.2, 0) is 17.8 Å². The molecular formula is C20H18BClFNO2. The maximum absolute atomic E-state index is 14.0. The second-order valence-corrected chi connectivity index (χ2v) is 7.47. The number of benzene rings is 2. The summed E-state index contributed by atoms with van der Waals surface area (Å²) in [6, 6.07) is 10.8. The smallest absolute Gasteiger partial charge is 0.304 e. The fourth-order valence-corrected chi connectivity index (χ4v) is 4.40. The van der Waals surface area contributed by atoms with Gasteiger partial charge in [0, 0.05) is 34.1 Å². The molecular weight excluding hydrogens is 351 g/mol. The third-order valence-electron chi connectivity index (χ3n) is 5.26. The number of fused-ring (bicyclic) bond motifs is 3. The summed E-state index contributed by atoms with van der Waals surface area (Å²) in [7, 11) is 1.91. The molecule has 1 aliphatic rings. The molecule has 6 heteroatoms. The van der Waals surface area contributed by atoms with Gasteiger partial charge in [-0.25, -0.2) is 4.39 Å². The Balaban J connectivity index is 1.91. The number of aromatic nitrogens is 1. The third-order valence-corrected chi connectivity index (χ3v) is 5.52. The van der Waals surface area contributed by atoms with Crippen LogP contribution in [0.25, 0.3) is 10.9 Å². The number of halogens is 2. The quantitative estimate of drug-likeness (QED) is 0.717. The molecule has 0 saturated heterocycles. The molecule has 1 aromatic heterocycles. The Morgan fingerprint density at radius 1 is 1.31 bits per heavy atom. The summed E-state index contributed by atoms with van der Waals surface area (Å²) in [4.78, 5) is 11.3. The van der Waals surface area contributed by atoms with Gasteiger partial charge in [-0.2, -0.15) is 0 Å². The molecule has 0 radical (unpaired) electrons. The van der Waals surface area contributed by atoms with Crippen molar-refractivity contribution in [3.8, 4) is 0 Å². The van der Waals surface area contributed by atoms with Gasteiger partial charge in [0.15, 0.2) is 0 Å². The van der Waals surface area contributed by atoms with Crippen molar-refractivity contribution in [2.45, 2.75) is 31.7 Å². The first-order valence-corrected chi connectivity index (χ1v) is 9.09.